The first-order chi connectivity index (χ1) is 16.5. The van der Waals surface area contributed by atoms with Crippen LogP contribution in [0.3, 0.4) is 0 Å². The van der Waals surface area contributed by atoms with Gasteiger partial charge < -0.3 is 10.2 Å². The Morgan fingerprint density at radius 1 is 0.912 bits per heavy atom. The standard InChI is InChI=1S/C29H27FN2O2/c30-26-11-5-4-10-25(26)27(33)31-24-14-12-21(13-15-24)28(34)32-19-23-9-3-2-8-22(23)18-29(20-32)16-6-1-7-17-29/h2-6,8-16H,1,7,17-20H2,(H,31,33). The molecule has 0 aromatic heterocycles. The minimum Gasteiger partial charge on any atom is -0.333 e. The molecule has 2 aliphatic rings. The SMILES string of the molecule is O=C(Nc1ccc(C(=O)N2Cc3ccccc3CC3(C=CCCC3)C2)cc1)c1ccccc1F. The van der Waals surface area contributed by atoms with Gasteiger partial charge in [-0.1, -0.05) is 48.6 Å². The third-order valence-corrected chi connectivity index (χ3v) is 6.84. The molecule has 1 aliphatic carbocycles. The summed E-state index contributed by atoms with van der Waals surface area (Å²) in [7, 11) is 0. The minimum absolute atomic E-state index is 0.0169. The molecule has 1 aliphatic heterocycles. The van der Waals surface area contributed by atoms with Gasteiger partial charge in [0.1, 0.15) is 5.82 Å². The zero-order chi connectivity index (χ0) is 23.5. The van der Waals surface area contributed by atoms with E-state index in [0.29, 0.717) is 24.3 Å². The van der Waals surface area contributed by atoms with Gasteiger partial charge in [-0.2, -0.15) is 0 Å². The lowest BCUT2D eigenvalue weighted by molar-refractivity contribution is 0.0678. The van der Waals surface area contributed by atoms with E-state index in [1.807, 2.05) is 11.0 Å². The van der Waals surface area contributed by atoms with Crippen molar-refractivity contribution in [1.29, 1.82) is 0 Å². The maximum absolute atomic E-state index is 13.9. The second-order valence-electron chi connectivity index (χ2n) is 9.27. The van der Waals surface area contributed by atoms with Gasteiger partial charge in [0, 0.05) is 29.8 Å². The molecule has 34 heavy (non-hydrogen) atoms. The summed E-state index contributed by atoms with van der Waals surface area (Å²) < 4.78 is 13.9. The van der Waals surface area contributed by atoms with Crippen LogP contribution in [0.1, 0.15) is 51.1 Å². The fourth-order valence-electron chi connectivity index (χ4n) is 5.09. The Balaban J connectivity index is 1.36. The summed E-state index contributed by atoms with van der Waals surface area (Å²) in [5.74, 6) is -1.12. The highest BCUT2D eigenvalue weighted by Gasteiger charge is 2.36. The normalized spacial score (nSPS) is 19.4. The van der Waals surface area contributed by atoms with Gasteiger partial charge in [-0.05, 0) is 73.2 Å². The maximum Gasteiger partial charge on any atom is 0.258 e. The van der Waals surface area contributed by atoms with E-state index in [4.69, 9.17) is 0 Å². The number of fused-ring (bicyclic) bond motifs is 1. The highest BCUT2D eigenvalue weighted by atomic mass is 19.1. The predicted molar refractivity (Wildman–Crippen MR) is 131 cm³/mol. The largest absolute Gasteiger partial charge is 0.333 e. The number of anilines is 1. The quantitative estimate of drug-likeness (QED) is 0.493. The number of allylic oxidation sites excluding steroid dienone is 1. The van der Waals surface area contributed by atoms with E-state index in [2.05, 4.69) is 35.7 Å². The van der Waals surface area contributed by atoms with E-state index in [0.717, 1.165) is 25.7 Å². The minimum atomic E-state index is -0.570. The molecule has 5 heteroatoms. The van der Waals surface area contributed by atoms with Crippen LogP contribution in [-0.4, -0.2) is 23.3 Å². The second-order valence-corrected chi connectivity index (χ2v) is 9.27. The van der Waals surface area contributed by atoms with Crippen LogP contribution in [0.2, 0.25) is 0 Å². The van der Waals surface area contributed by atoms with Crippen LogP contribution in [0.25, 0.3) is 0 Å². The lowest BCUT2D eigenvalue weighted by Crippen LogP contribution is -2.40. The summed E-state index contributed by atoms with van der Waals surface area (Å²) in [6.07, 6.45) is 8.83. The molecule has 172 valence electrons. The fourth-order valence-corrected chi connectivity index (χ4v) is 5.09. The van der Waals surface area contributed by atoms with Gasteiger partial charge in [-0.3, -0.25) is 9.59 Å². The van der Waals surface area contributed by atoms with E-state index in [1.54, 1.807) is 36.4 Å². The summed E-state index contributed by atoms with van der Waals surface area (Å²) in [6, 6.07) is 21.1. The number of halogens is 1. The van der Waals surface area contributed by atoms with Crippen molar-refractivity contribution >= 4 is 17.5 Å². The summed E-state index contributed by atoms with van der Waals surface area (Å²) >= 11 is 0. The van der Waals surface area contributed by atoms with Gasteiger partial charge in [0.2, 0.25) is 0 Å². The number of benzene rings is 3. The number of rotatable bonds is 3. The van der Waals surface area contributed by atoms with Crippen LogP contribution in [0.5, 0.6) is 0 Å². The average molecular weight is 455 g/mol. The molecule has 3 aromatic carbocycles. The smallest absolute Gasteiger partial charge is 0.258 e. The lowest BCUT2D eigenvalue weighted by Gasteiger charge is -2.36. The molecule has 1 N–H and O–H groups in total. The highest BCUT2D eigenvalue weighted by Crippen LogP contribution is 2.39. The lowest BCUT2D eigenvalue weighted by atomic mass is 9.74. The Labute approximate surface area is 199 Å². The van der Waals surface area contributed by atoms with Crippen molar-refractivity contribution in [1.82, 2.24) is 4.90 Å². The third-order valence-electron chi connectivity index (χ3n) is 6.84. The van der Waals surface area contributed by atoms with E-state index in [-0.39, 0.29) is 16.9 Å². The molecule has 1 heterocycles. The first-order valence-electron chi connectivity index (χ1n) is 11.7. The van der Waals surface area contributed by atoms with Crippen LogP contribution in [0, 0.1) is 11.2 Å². The van der Waals surface area contributed by atoms with E-state index in [1.165, 1.54) is 23.3 Å². The summed E-state index contributed by atoms with van der Waals surface area (Å²) in [6.45, 7) is 1.26. The number of nitrogens with zero attached hydrogens (tertiary/aromatic N) is 1. The first kappa shape index (κ1) is 22.1. The molecule has 5 rings (SSSR count). The molecular formula is C29H27FN2O2. The zero-order valence-electron chi connectivity index (χ0n) is 19.0. The summed E-state index contributed by atoms with van der Waals surface area (Å²) in [5, 5.41) is 2.70. The third kappa shape index (κ3) is 4.51. The van der Waals surface area contributed by atoms with Crippen LogP contribution >= 0.6 is 0 Å². The van der Waals surface area contributed by atoms with Crippen molar-refractivity contribution in [3.05, 3.63) is 113 Å². The Hall–Kier alpha value is -3.73. The number of amides is 2. The number of carbonyl (C=O) groups is 2. The van der Waals surface area contributed by atoms with E-state index < -0.39 is 11.7 Å². The molecule has 1 spiro atoms. The van der Waals surface area contributed by atoms with Crippen molar-refractivity contribution in [2.24, 2.45) is 5.41 Å². The summed E-state index contributed by atoms with van der Waals surface area (Å²) in [4.78, 5) is 27.9. The van der Waals surface area contributed by atoms with Crippen LogP contribution < -0.4 is 5.32 Å². The Kier molecular flexibility index (Phi) is 6.01. The van der Waals surface area contributed by atoms with Gasteiger partial charge in [0.25, 0.3) is 11.8 Å². The molecule has 0 saturated heterocycles. The molecule has 0 bridgehead atoms. The van der Waals surface area contributed by atoms with Crippen molar-refractivity contribution in [2.45, 2.75) is 32.2 Å². The van der Waals surface area contributed by atoms with Gasteiger partial charge in [-0.25, -0.2) is 4.39 Å². The van der Waals surface area contributed by atoms with Crippen molar-refractivity contribution in [3.8, 4) is 0 Å². The van der Waals surface area contributed by atoms with Gasteiger partial charge in [0.15, 0.2) is 0 Å². The van der Waals surface area contributed by atoms with Crippen molar-refractivity contribution in [3.63, 3.8) is 0 Å². The number of carbonyl (C=O) groups excluding carboxylic acids is 2. The van der Waals surface area contributed by atoms with Crippen molar-refractivity contribution in [2.75, 3.05) is 11.9 Å². The molecule has 1 unspecified atom stereocenters. The molecular weight excluding hydrogens is 427 g/mol. The summed E-state index contributed by atoms with van der Waals surface area (Å²) in [5.41, 5.74) is 3.54. The fraction of sp³-hybridized carbons (Fsp3) is 0.241. The molecule has 0 fully saturated rings. The Bertz CT molecular complexity index is 1250. The zero-order valence-corrected chi connectivity index (χ0v) is 19.0. The van der Waals surface area contributed by atoms with Gasteiger partial charge in [0.05, 0.1) is 5.56 Å². The first-order valence-corrected chi connectivity index (χ1v) is 11.7. The van der Waals surface area contributed by atoms with E-state index in [9.17, 15) is 14.0 Å². The number of hydrogen-bond acceptors (Lipinski definition) is 2. The molecule has 4 nitrogen and oxygen atoms in total. The maximum atomic E-state index is 13.9. The van der Waals surface area contributed by atoms with Crippen molar-refractivity contribution < 1.29 is 14.0 Å². The van der Waals surface area contributed by atoms with Crippen LogP contribution in [-0.2, 0) is 13.0 Å². The average Bonchev–Trinajstić information content (AvgIpc) is 3.01. The molecule has 1 atom stereocenters. The predicted octanol–water partition coefficient (Wildman–Crippen LogP) is 6.00. The molecule has 0 radical (unpaired) electrons. The molecule has 3 aromatic rings. The Morgan fingerprint density at radius 3 is 2.38 bits per heavy atom. The van der Waals surface area contributed by atoms with Gasteiger partial charge in [-0.15, -0.1) is 0 Å². The van der Waals surface area contributed by atoms with E-state index >= 15 is 0 Å². The van der Waals surface area contributed by atoms with Crippen LogP contribution in [0.15, 0.2) is 84.9 Å². The van der Waals surface area contributed by atoms with Gasteiger partial charge >= 0.3 is 0 Å². The second kappa shape index (κ2) is 9.26. The Morgan fingerprint density at radius 2 is 1.65 bits per heavy atom. The molecule has 0 saturated carbocycles. The topological polar surface area (TPSA) is 49.4 Å². The number of nitrogens with one attached hydrogen (secondary N) is 1. The van der Waals surface area contributed by atoms with Crippen LogP contribution in [0.4, 0.5) is 10.1 Å². The highest BCUT2D eigenvalue weighted by molar-refractivity contribution is 6.04. The monoisotopic (exact) mass is 454 g/mol. The molecule has 2 amide bonds. The number of hydrogen-bond donors (Lipinski definition) is 1.